The van der Waals surface area contributed by atoms with E-state index in [4.69, 9.17) is 18.0 Å². The molecule has 1 saturated heterocycles. The van der Waals surface area contributed by atoms with Crippen LogP contribution in [0.2, 0.25) is 0 Å². The summed E-state index contributed by atoms with van der Waals surface area (Å²) in [5.74, 6) is -0.140. The average Bonchev–Trinajstić information content (AvgIpc) is 2.39. The molecule has 0 spiro atoms. The molecule has 2 N–H and O–H groups in total. The number of hydrogen-bond donors (Lipinski definition) is 1. The van der Waals surface area contributed by atoms with Crippen LogP contribution in [0.25, 0.3) is 0 Å². The average molecular weight is 270 g/mol. The molecule has 0 atom stereocenters. The molecule has 4 nitrogen and oxygen atoms in total. The first kappa shape index (κ1) is 15.1. The molecule has 5 heteroatoms. The maximum Gasteiger partial charge on any atom is 0.235 e. The fourth-order valence-corrected chi connectivity index (χ4v) is 2.16. The molecule has 1 heterocycles. The van der Waals surface area contributed by atoms with Gasteiger partial charge in [-0.3, -0.25) is 14.5 Å². The molecule has 2 amide bonds. The Labute approximate surface area is 114 Å². The lowest BCUT2D eigenvalue weighted by Gasteiger charge is -2.24. The zero-order chi connectivity index (χ0) is 14.1. The highest BCUT2D eigenvalue weighted by atomic mass is 32.1. The van der Waals surface area contributed by atoms with Crippen molar-refractivity contribution in [3.63, 3.8) is 0 Å². The second-order valence-electron chi connectivity index (χ2n) is 6.26. The van der Waals surface area contributed by atoms with Crippen LogP contribution < -0.4 is 5.73 Å². The summed E-state index contributed by atoms with van der Waals surface area (Å²) in [5, 5.41) is 0. The number of amides is 2. The van der Waals surface area contributed by atoms with Crippen LogP contribution in [-0.4, -0.2) is 28.2 Å². The highest BCUT2D eigenvalue weighted by Crippen LogP contribution is 2.32. The van der Waals surface area contributed by atoms with E-state index in [-0.39, 0.29) is 17.2 Å². The van der Waals surface area contributed by atoms with E-state index < -0.39 is 5.41 Å². The number of nitrogens with zero attached hydrogens (tertiary/aromatic N) is 1. The van der Waals surface area contributed by atoms with Gasteiger partial charge >= 0.3 is 0 Å². The first-order chi connectivity index (χ1) is 8.08. The van der Waals surface area contributed by atoms with Gasteiger partial charge in [0.05, 0.1) is 10.4 Å². The molecule has 0 aliphatic carbocycles. The fourth-order valence-electron chi connectivity index (χ4n) is 2.06. The van der Waals surface area contributed by atoms with Crippen LogP contribution in [0.4, 0.5) is 0 Å². The lowest BCUT2D eigenvalue weighted by molar-refractivity contribution is -0.140. The Kier molecular flexibility index (Phi) is 4.15. The number of carbonyl (C=O) groups is 2. The molecule has 0 radical (unpaired) electrons. The summed E-state index contributed by atoms with van der Waals surface area (Å²) in [4.78, 5) is 25.6. The molecule has 102 valence electrons. The van der Waals surface area contributed by atoms with Gasteiger partial charge in [0.15, 0.2) is 0 Å². The van der Waals surface area contributed by atoms with Crippen molar-refractivity contribution in [2.75, 3.05) is 6.54 Å². The topological polar surface area (TPSA) is 63.4 Å². The summed E-state index contributed by atoms with van der Waals surface area (Å²) in [7, 11) is 0. The Balaban J connectivity index is 2.53. The van der Waals surface area contributed by atoms with E-state index in [0.717, 1.165) is 12.8 Å². The van der Waals surface area contributed by atoms with Crippen molar-refractivity contribution in [2.24, 2.45) is 16.6 Å². The van der Waals surface area contributed by atoms with Crippen LogP contribution in [0.15, 0.2) is 0 Å². The van der Waals surface area contributed by atoms with Gasteiger partial charge in [-0.05, 0) is 12.8 Å². The summed E-state index contributed by atoms with van der Waals surface area (Å²) in [6.45, 7) is 8.05. The van der Waals surface area contributed by atoms with E-state index in [2.05, 4.69) is 0 Å². The summed E-state index contributed by atoms with van der Waals surface area (Å²) >= 11 is 4.99. The molecule has 0 saturated carbocycles. The van der Waals surface area contributed by atoms with Crippen molar-refractivity contribution in [3.8, 4) is 0 Å². The van der Waals surface area contributed by atoms with E-state index in [0.29, 0.717) is 18.0 Å². The zero-order valence-electron chi connectivity index (χ0n) is 11.6. The lowest BCUT2D eigenvalue weighted by atomic mass is 9.88. The molecule has 1 aliphatic heterocycles. The SMILES string of the molecule is CC1(C)CC(=O)N(CCCC(C)(C)C(N)=S)C1=O. The minimum absolute atomic E-state index is 0.0689. The van der Waals surface area contributed by atoms with Crippen molar-refractivity contribution in [2.45, 2.75) is 47.0 Å². The highest BCUT2D eigenvalue weighted by molar-refractivity contribution is 7.80. The van der Waals surface area contributed by atoms with Gasteiger partial charge in [-0.2, -0.15) is 0 Å². The highest BCUT2D eigenvalue weighted by Gasteiger charge is 2.44. The van der Waals surface area contributed by atoms with Gasteiger partial charge in [-0.25, -0.2) is 0 Å². The number of carbonyl (C=O) groups excluding carboxylic acids is 2. The van der Waals surface area contributed by atoms with Gasteiger partial charge in [0.2, 0.25) is 11.8 Å². The summed E-state index contributed by atoms with van der Waals surface area (Å²) in [5.41, 5.74) is 4.87. The number of imide groups is 1. The molecule has 1 rings (SSSR count). The van der Waals surface area contributed by atoms with Crippen LogP contribution in [0.1, 0.15) is 47.0 Å². The predicted molar refractivity (Wildman–Crippen MR) is 74.9 cm³/mol. The van der Waals surface area contributed by atoms with Crippen molar-refractivity contribution in [1.29, 1.82) is 0 Å². The van der Waals surface area contributed by atoms with Crippen molar-refractivity contribution in [1.82, 2.24) is 4.90 Å². The summed E-state index contributed by atoms with van der Waals surface area (Å²) < 4.78 is 0. The monoisotopic (exact) mass is 270 g/mol. The molecule has 18 heavy (non-hydrogen) atoms. The Bertz CT molecular complexity index is 388. The van der Waals surface area contributed by atoms with Gasteiger partial charge in [0.1, 0.15) is 0 Å². The maximum atomic E-state index is 12.0. The molecule has 1 aliphatic rings. The minimum atomic E-state index is -0.546. The fraction of sp³-hybridized carbons (Fsp3) is 0.769. The van der Waals surface area contributed by atoms with Crippen molar-refractivity contribution < 1.29 is 9.59 Å². The zero-order valence-corrected chi connectivity index (χ0v) is 12.4. The first-order valence-electron chi connectivity index (χ1n) is 6.23. The Morgan fingerprint density at radius 3 is 2.39 bits per heavy atom. The van der Waals surface area contributed by atoms with Crippen LogP contribution in [0.3, 0.4) is 0 Å². The number of thiocarbonyl (C=S) groups is 1. The Morgan fingerprint density at radius 1 is 1.44 bits per heavy atom. The van der Waals surface area contributed by atoms with Gasteiger partial charge in [-0.15, -0.1) is 0 Å². The molecular weight excluding hydrogens is 248 g/mol. The molecule has 0 unspecified atom stereocenters. The second kappa shape index (κ2) is 4.96. The summed E-state index contributed by atoms with van der Waals surface area (Å²) in [6, 6.07) is 0. The number of rotatable bonds is 5. The Morgan fingerprint density at radius 2 is 2.00 bits per heavy atom. The molecule has 1 fully saturated rings. The molecule has 0 aromatic rings. The smallest absolute Gasteiger partial charge is 0.235 e. The minimum Gasteiger partial charge on any atom is -0.393 e. The van der Waals surface area contributed by atoms with Crippen molar-refractivity contribution in [3.05, 3.63) is 0 Å². The van der Waals surface area contributed by atoms with Crippen LogP contribution in [0.5, 0.6) is 0 Å². The number of hydrogen-bond acceptors (Lipinski definition) is 3. The van der Waals surface area contributed by atoms with E-state index >= 15 is 0 Å². The standard InChI is InChI=1S/C13H22N2O2S/c1-12(2,10(14)18)6-5-7-15-9(16)8-13(3,4)11(15)17/h5-8H2,1-4H3,(H2,14,18). The lowest BCUT2D eigenvalue weighted by Crippen LogP contribution is -2.35. The third kappa shape index (κ3) is 3.07. The molecular formula is C13H22N2O2S. The van der Waals surface area contributed by atoms with Gasteiger partial charge < -0.3 is 5.73 Å². The largest absolute Gasteiger partial charge is 0.393 e. The molecule has 0 aromatic carbocycles. The predicted octanol–water partition coefficient (Wildman–Crippen LogP) is 1.86. The van der Waals surface area contributed by atoms with Crippen LogP contribution in [-0.2, 0) is 9.59 Å². The third-order valence-electron chi connectivity index (χ3n) is 3.57. The van der Waals surface area contributed by atoms with Gasteiger partial charge in [-0.1, -0.05) is 39.9 Å². The number of likely N-dealkylation sites (tertiary alicyclic amines) is 1. The van der Waals surface area contributed by atoms with E-state index in [1.807, 2.05) is 27.7 Å². The Hall–Kier alpha value is -0.970. The van der Waals surface area contributed by atoms with Crippen LogP contribution >= 0.6 is 12.2 Å². The summed E-state index contributed by atoms with van der Waals surface area (Å²) in [6.07, 6.45) is 1.82. The maximum absolute atomic E-state index is 12.0. The first-order valence-corrected chi connectivity index (χ1v) is 6.63. The quantitative estimate of drug-likeness (QED) is 0.612. The van der Waals surface area contributed by atoms with Crippen LogP contribution in [0, 0.1) is 10.8 Å². The number of nitrogens with two attached hydrogens (primary N) is 1. The van der Waals surface area contributed by atoms with Gasteiger partial charge in [0, 0.05) is 18.4 Å². The van der Waals surface area contributed by atoms with Gasteiger partial charge in [0.25, 0.3) is 0 Å². The second-order valence-corrected chi connectivity index (χ2v) is 6.70. The van der Waals surface area contributed by atoms with E-state index in [9.17, 15) is 9.59 Å². The van der Waals surface area contributed by atoms with E-state index in [1.165, 1.54) is 4.90 Å². The molecule has 0 bridgehead atoms. The normalized spacial score (nSPS) is 19.4. The van der Waals surface area contributed by atoms with E-state index in [1.54, 1.807) is 0 Å². The molecule has 0 aromatic heterocycles. The third-order valence-corrected chi connectivity index (χ3v) is 4.12. The van der Waals surface area contributed by atoms with Crippen molar-refractivity contribution >= 4 is 29.0 Å².